The normalized spacial score (nSPS) is 10.5. The molecule has 3 aromatic rings. The predicted octanol–water partition coefficient (Wildman–Crippen LogP) is 4.78. The van der Waals surface area contributed by atoms with Gasteiger partial charge in [0.1, 0.15) is 23.9 Å². The first-order valence-corrected chi connectivity index (χ1v) is 8.66. The van der Waals surface area contributed by atoms with Gasteiger partial charge in [0.2, 0.25) is 0 Å². The molecular formula is C20H19ClN2O4. The van der Waals surface area contributed by atoms with Gasteiger partial charge in [0.05, 0.1) is 29.0 Å². The second kappa shape index (κ2) is 8.14. The van der Waals surface area contributed by atoms with E-state index in [2.05, 4.69) is 10.5 Å². The van der Waals surface area contributed by atoms with Crippen LogP contribution in [0.5, 0.6) is 11.5 Å². The molecule has 1 amide bonds. The second-order valence-electron chi connectivity index (χ2n) is 5.89. The lowest BCUT2D eigenvalue weighted by molar-refractivity contribution is 0.102. The van der Waals surface area contributed by atoms with Crippen LogP contribution >= 0.6 is 11.6 Å². The van der Waals surface area contributed by atoms with Crippen molar-refractivity contribution < 1.29 is 18.8 Å². The van der Waals surface area contributed by atoms with Crippen LogP contribution in [0.15, 0.2) is 47.0 Å². The largest absolute Gasteiger partial charge is 0.495 e. The fraction of sp³-hybridized carbons (Fsp3) is 0.200. The van der Waals surface area contributed by atoms with Gasteiger partial charge in [0.25, 0.3) is 5.91 Å². The Hall–Kier alpha value is -2.99. The van der Waals surface area contributed by atoms with E-state index < -0.39 is 0 Å². The van der Waals surface area contributed by atoms with E-state index in [1.54, 1.807) is 36.4 Å². The van der Waals surface area contributed by atoms with E-state index >= 15 is 0 Å². The van der Waals surface area contributed by atoms with E-state index in [1.807, 2.05) is 19.9 Å². The Bertz CT molecular complexity index is 949. The summed E-state index contributed by atoms with van der Waals surface area (Å²) in [5.74, 6) is 1.40. The number of rotatable bonds is 6. The first kappa shape index (κ1) is 18.8. The van der Waals surface area contributed by atoms with Crippen molar-refractivity contribution in [3.05, 3.63) is 70.1 Å². The van der Waals surface area contributed by atoms with Gasteiger partial charge in [-0.1, -0.05) is 28.9 Å². The zero-order valence-electron chi connectivity index (χ0n) is 15.2. The van der Waals surface area contributed by atoms with Gasteiger partial charge < -0.3 is 19.3 Å². The summed E-state index contributed by atoms with van der Waals surface area (Å²) in [6, 6.07) is 12.1. The number of hydrogen-bond donors (Lipinski definition) is 1. The number of carbonyl (C=O) groups is 1. The van der Waals surface area contributed by atoms with Gasteiger partial charge in [-0.2, -0.15) is 0 Å². The third kappa shape index (κ3) is 4.23. The van der Waals surface area contributed by atoms with Gasteiger partial charge in [0, 0.05) is 5.69 Å². The Kier molecular flexibility index (Phi) is 5.66. The van der Waals surface area contributed by atoms with Crippen LogP contribution in [0.4, 0.5) is 5.69 Å². The minimum Gasteiger partial charge on any atom is -0.495 e. The van der Waals surface area contributed by atoms with E-state index in [9.17, 15) is 4.79 Å². The number of anilines is 1. The second-order valence-corrected chi connectivity index (χ2v) is 6.30. The molecule has 0 aliphatic rings. The van der Waals surface area contributed by atoms with Crippen molar-refractivity contribution in [2.75, 3.05) is 12.4 Å². The van der Waals surface area contributed by atoms with Crippen LogP contribution in [0, 0.1) is 13.8 Å². The molecular weight excluding hydrogens is 368 g/mol. The standard InChI is InChI=1S/C20H19ClN2O4/c1-12-16(13(2)27-23-12)11-26-18-7-5-4-6-15(18)20(24)22-14-8-9-19(25-3)17(21)10-14/h4-10H,11H2,1-3H3,(H,22,24). The van der Waals surface area contributed by atoms with Gasteiger partial charge in [0.15, 0.2) is 0 Å². The lowest BCUT2D eigenvalue weighted by Crippen LogP contribution is -2.13. The molecule has 0 atom stereocenters. The van der Waals surface area contributed by atoms with Crippen molar-refractivity contribution in [1.29, 1.82) is 0 Å². The summed E-state index contributed by atoms with van der Waals surface area (Å²) in [5.41, 5.74) is 2.61. The van der Waals surface area contributed by atoms with Crippen LogP contribution < -0.4 is 14.8 Å². The molecule has 0 unspecified atom stereocenters. The smallest absolute Gasteiger partial charge is 0.259 e. The Morgan fingerprint density at radius 3 is 2.63 bits per heavy atom. The summed E-state index contributed by atoms with van der Waals surface area (Å²) < 4.78 is 16.1. The molecule has 0 fully saturated rings. The molecule has 3 rings (SSSR count). The number of aromatic nitrogens is 1. The van der Waals surface area contributed by atoms with Crippen LogP contribution in [0.2, 0.25) is 5.02 Å². The summed E-state index contributed by atoms with van der Waals surface area (Å²) in [6.45, 7) is 3.94. The van der Waals surface area contributed by atoms with E-state index in [0.29, 0.717) is 33.5 Å². The molecule has 7 heteroatoms. The van der Waals surface area contributed by atoms with E-state index in [1.165, 1.54) is 7.11 Å². The molecule has 0 aliphatic heterocycles. The summed E-state index contributed by atoms with van der Waals surface area (Å²) in [6.07, 6.45) is 0. The molecule has 1 N–H and O–H groups in total. The zero-order valence-corrected chi connectivity index (χ0v) is 16.0. The Morgan fingerprint density at radius 2 is 1.96 bits per heavy atom. The highest BCUT2D eigenvalue weighted by molar-refractivity contribution is 6.32. The molecule has 0 saturated carbocycles. The maximum Gasteiger partial charge on any atom is 0.259 e. The molecule has 0 radical (unpaired) electrons. The fourth-order valence-corrected chi connectivity index (χ4v) is 2.84. The first-order chi connectivity index (χ1) is 13.0. The first-order valence-electron chi connectivity index (χ1n) is 8.28. The van der Waals surface area contributed by atoms with Crippen molar-refractivity contribution in [3.63, 3.8) is 0 Å². The number of hydrogen-bond acceptors (Lipinski definition) is 5. The molecule has 0 spiro atoms. The lowest BCUT2D eigenvalue weighted by Gasteiger charge is -2.12. The minimum atomic E-state index is -0.300. The zero-order chi connectivity index (χ0) is 19.4. The van der Waals surface area contributed by atoms with E-state index in [0.717, 1.165) is 11.3 Å². The van der Waals surface area contributed by atoms with Gasteiger partial charge in [-0.15, -0.1) is 0 Å². The van der Waals surface area contributed by atoms with Crippen LogP contribution in [-0.4, -0.2) is 18.2 Å². The Balaban J connectivity index is 1.76. The number of para-hydroxylation sites is 1. The van der Waals surface area contributed by atoms with Gasteiger partial charge in [-0.3, -0.25) is 4.79 Å². The van der Waals surface area contributed by atoms with Gasteiger partial charge in [-0.05, 0) is 44.2 Å². The van der Waals surface area contributed by atoms with Crippen LogP contribution in [0.25, 0.3) is 0 Å². The predicted molar refractivity (Wildman–Crippen MR) is 103 cm³/mol. The molecule has 140 valence electrons. The number of carbonyl (C=O) groups excluding carboxylic acids is 1. The number of ether oxygens (including phenoxy) is 2. The third-order valence-corrected chi connectivity index (χ3v) is 4.39. The topological polar surface area (TPSA) is 73.6 Å². The maximum absolute atomic E-state index is 12.7. The number of aryl methyl sites for hydroxylation is 2. The van der Waals surface area contributed by atoms with Crippen molar-refractivity contribution >= 4 is 23.2 Å². The van der Waals surface area contributed by atoms with Crippen molar-refractivity contribution in [3.8, 4) is 11.5 Å². The minimum absolute atomic E-state index is 0.264. The van der Waals surface area contributed by atoms with E-state index in [-0.39, 0.29) is 12.5 Å². The number of benzene rings is 2. The van der Waals surface area contributed by atoms with Crippen LogP contribution in [0.3, 0.4) is 0 Å². The highest BCUT2D eigenvalue weighted by Gasteiger charge is 2.15. The van der Waals surface area contributed by atoms with Crippen molar-refractivity contribution in [2.45, 2.75) is 20.5 Å². The Morgan fingerprint density at radius 1 is 1.19 bits per heavy atom. The third-order valence-electron chi connectivity index (χ3n) is 4.09. The van der Waals surface area contributed by atoms with Crippen molar-refractivity contribution in [1.82, 2.24) is 5.16 Å². The molecule has 0 saturated heterocycles. The maximum atomic E-state index is 12.7. The van der Waals surface area contributed by atoms with Crippen LogP contribution in [-0.2, 0) is 6.61 Å². The quantitative estimate of drug-likeness (QED) is 0.659. The number of methoxy groups -OCH3 is 1. The summed E-state index contributed by atoms with van der Waals surface area (Å²) in [4.78, 5) is 12.7. The number of halogens is 1. The number of nitrogens with zero attached hydrogens (tertiary/aromatic N) is 1. The monoisotopic (exact) mass is 386 g/mol. The van der Waals surface area contributed by atoms with Gasteiger partial charge >= 0.3 is 0 Å². The molecule has 2 aromatic carbocycles. The molecule has 0 aliphatic carbocycles. The molecule has 27 heavy (non-hydrogen) atoms. The fourth-order valence-electron chi connectivity index (χ4n) is 2.58. The summed E-state index contributed by atoms with van der Waals surface area (Å²) in [7, 11) is 1.53. The van der Waals surface area contributed by atoms with E-state index in [4.69, 9.17) is 25.6 Å². The molecule has 1 heterocycles. The molecule has 0 bridgehead atoms. The van der Waals surface area contributed by atoms with Crippen LogP contribution in [0.1, 0.15) is 27.4 Å². The number of amides is 1. The lowest BCUT2D eigenvalue weighted by atomic mass is 10.1. The number of nitrogens with one attached hydrogen (secondary N) is 1. The highest BCUT2D eigenvalue weighted by atomic mass is 35.5. The van der Waals surface area contributed by atoms with Gasteiger partial charge in [-0.25, -0.2) is 0 Å². The van der Waals surface area contributed by atoms with Crippen molar-refractivity contribution in [2.24, 2.45) is 0 Å². The summed E-state index contributed by atoms with van der Waals surface area (Å²) >= 11 is 6.11. The average Bonchev–Trinajstić information content (AvgIpc) is 2.98. The average molecular weight is 387 g/mol. The molecule has 6 nitrogen and oxygen atoms in total. The highest BCUT2D eigenvalue weighted by Crippen LogP contribution is 2.28. The summed E-state index contributed by atoms with van der Waals surface area (Å²) in [5, 5.41) is 7.14. The Labute approximate surface area is 162 Å². The molecule has 1 aromatic heterocycles. The SMILES string of the molecule is COc1ccc(NC(=O)c2ccccc2OCc2c(C)noc2C)cc1Cl.